The van der Waals surface area contributed by atoms with Crippen molar-refractivity contribution >= 4 is 22.7 Å². The summed E-state index contributed by atoms with van der Waals surface area (Å²) < 4.78 is 20.5. The average molecular weight is 421 g/mol. The van der Waals surface area contributed by atoms with E-state index in [0.29, 0.717) is 10.6 Å². The van der Waals surface area contributed by atoms with Gasteiger partial charge in [-0.3, -0.25) is 9.36 Å². The third kappa shape index (κ3) is 2.55. The minimum atomic E-state index is -0.785. The van der Waals surface area contributed by atoms with Crippen LogP contribution in [-0.4, -0.2) is 9.67 Å². The molecular weight excluding hydrogens is 405 g/mol. The molecule has 0 spiro atoms. The molecule has 5 rings (SSSR count). The Morgan fingerprint density at radius 2 is 1.83 bits per heavy atom. The van der Waals surface area contributed by atoms with Crippen LogP contribution in [0, 0.1) is 5.82 Å². The molecule has 1 N–H and O–H groups in total. The Labute approximate surface area is 174 Å². The Hall–Kier alpha value is -3.32. The van der Waals surface area contributed by atoms with Crippen LogP contribution in [0.1, 0.15) is 25.1 Å². The van der Waals surface area contributed by atoms with E-state index in [0.717, 1.165) is 23.0 Å². The third-order valence-electron chi connectivity index (χ3n) is 5.49. The molecule has 4 aromatic rings. The highest BCUT2D eigenvalue weighted by atomic mass is 32.2. The summed E-state index contributed by atoms with van der Waals surface area (Å²) in [6, 6.07) is 14.8. The number of hydrogen-bond acceptors (Lipinski definition) is 5. The highest BCUT2D eigenvalue weighted by molar-refractivity contribution is 7.99. The maximum absolute atomic E-state index is 13.5. The summed E-state index contributed by atoms with van der Waals surface area (Å²) in [6.45, 7) is 3.98. The molecule has 0 fully saturated rings. The number of hydrogen-bond donors (Lipinski definition) is 1. The Morgan fingerprint density at radius 3 is 2.60 bits per heavy atom. The van der Waals surface area contributed by atoms with Crippen molar-refractivity contribution in [1.29, 1.82) is 0 Å². The number of aromatic hydroxyl groups is 1. The van der Waals surface area contributed by atoms with Crippen molar-refractivity contribution in [2.24, 2.45) is 0 Å². The fourth-order valence-electron chi connectivity index (χ4n) is 4.01. The zero-order valence-corrected chi connectivity index (χ0v) is 16.9. The second kappa shape index (κ2) is 6.34. The molecule has 30 heavy (non-hydrogen) atoms. The van der Waals surface area contributed by atoms with E-state index in [2.05, 4.69) is 0 Å². The van der Waals surface area contributed by atoms with Crippen LogP contribution in [0.3, 0.4) is 0 Å². The van der Waals surface area contributed by atoms with Gasteiger partial charge in [0.2, 0.25) is 0 Å². The zero-order chi connectivity index (χ0) is 21.2. The highest BCUT2D eigenvalue weighted by Crippen LogP contribution is 2.43. The van der Waals surface area contributed by atoms with E-state index in [1.165, 1.54) is 18.2 Å². The zero-order valence-electron chi connectivity index (χ0n) is 16.1. The first kappa shape index (κ1) is 18.7. The van der Waals surface area contributed by atoms with Crippen LogP contribution in [0.15, 0.2) is 78.4 Å². The summed E-state index contributed by atoms with van der Waals surface area (Å²) in [5.41, 5.74) is 0.665. The van der Waals surface area contributed by atoms with Gasteiger partial charge in [0.05, 0.1) is 5.69 Å². The molecule has 0 unspecified atom stereocenters. The predicted molar refractivity (Wildman–Crippen MR) is 112 cm³/mol. The van der Waals surface area contributed by atoms with Crippen LogP contribution >= 0.6 is 11.8 Å². The lowest BCUT2D eigenvalue weighted by molar-refractivity contribution is 0.445. The second-order valence-electron chi connectivity index (χ2n) is 7.68. The van der Waals surface area contributed by atoms with Crippen molar-refractivity contribution < 1.29 is 13.9 Å². The fourth-order valence-corrected chi connectivity index (χ4v) is 4.89. The first-order valence-corrected chi connectivity index (χ1v) is 10.1. The van der Waals surface area contributed by atoms with E-state index in [1.807, 2.05) is 38.1 Å². The molecule has 0 bridgehead atoms. The van der Waals surface area contributed by atoms with Gasteiger partial charge in [-0.15, -0.1) is 0 Å². The predicted octanol–water partition coefficient (Wildman–Crippen LogP) is 4.58. The molecule has 0 saturated heterocycles. The van der Waals surface area contributed by atoms with Gasteiger partial charge >= 0.3 is 5.63 Å². The van der Waals surface area contributed by atoms with Crippen LogP contribution in [0.4, 0.5) is 4.39 Å². The van der Waals surface area contributed by atoms with Gasteiger partial charge in [0.25, 0.3) is 5.56 Å². The molecule has 1 aliphatic rings. The first-order valence-electron chi connectivity index (χ1n) is 9.28. The largest absolute Gasteiger partial charge is 0.505 e. The molecule has 1 aliphatic heterocycles. The second-order valence-corrected chi connectivity index (χ2v) is 8.76. The molecule has 2 aromatic carbocycles. The molecule has 2 aromatic heterocycles. The molecule has 0 radical (unpaired) electrons. The monoisotopic (exact) mass is 421 g/mol. The van der Waals surface area contributed by atoms with Crippen LogP contribution < -0.4 is 11.2 Å². The minimum absolute atomic E-state index is 0.0261. The third-order valence-corrected chi connectivity index (χ3v) is 6.54. The summed E-state index contributed by atoms with van der Waals surface area (Å²) in [5.74, 6) is -0.931. The summed E-state index contributed by atoms with van der Waals surface area (Å²) in [6.07, 6.45) is 0. The molecular formula is C23H16FNO4S. The van der Waals surface area contributed by atoms with Crippen molar-refractivity contribution in [1.82, 2.24) is 4.57 Å². The van der Waals surface area contributed by atoms with Crippen LogP contribution in [0.5, 0.6) is 5.75 Å². The van der Waals surface area contributed by atoms with E-state index in [4.69, 9.17) is 4.42 Å². The minimum Gasteiger partial charge on any atom is -0.505 e. The Bertz CT molecular complexity index is 1470. The van der Waals surface area contributed by atoms with Crippen molar-refractivity contribution in [3.05, 3.63) is 92.4 Å². The number of aromatic nitrogens is 1. The van der Waals surface area contributed by atoms with Crippen molar-refractivity contribution in [2.75, 3.05) is 0 Å². The number of fused-ring (bicyclic) bond motifs is 4. The number of pyridine rings is 1. The van der Waals surface area contributed by atoms with Crippen molar-refractivity contribution in [3.63, 3.8) is 0 Å². The molecule has 3 heterocycles. The summed E-state index contributed by atoms with van der Waals surface area (Å²) in [7, 11) is 0. The highest BCUT2D eigenvalue weighted by Gasteiger charge is 2.37. The number of rotatable bonds is 2. The summed E-state index contributed by atoms with van der Waals surface area (Å²) in [5, 5.41) is 10.8. The molecule has 0 atom stereocenters. The van der Waals surface area contributed by atoms with Crippen LogP contribution in [0.25, 0.3) is 16.7 Å². The van der Waals surface area contributed by atoms with Crippen LogP contribution in [0.2, 0.25) is 0 Å². The van der Waals surface area contributed by atoms with Gasteiger partial charge in [-0.25, -0.2) is 9.18 Å². The molecule has 0 aliphatic carbocycles. The lowest BCUT2D eigenvalue weighted by Crippen LogP contribution is -2.24. The maximum Gasteiger partial charge on any atom is 0.354 e. The Kier molecular flexibility index (Phi) is 3.95. The smallest absolute Gasteiger partial charge is 0.354 e. The molecule has 0 amide bonds. The lowest BCUT2D eigenvalue weighted by atomic mass is 9.83. The van der Waals surface area contributed by atoms with Gasteiger partial charge in [-0.05, 0) is 29.8 Å². The van der Waals surface area contributed by atoms with E-state index in [9.17, 15) is 19.1 Å². The molecule has 150 valence electrons. The van der Waals surface area contributed by atoms with Gasteiger partial charge in [-0.2, -0.15) is 0 Å². The van der Waals surface area contributed by atoms with Crippen molar-refractivity contribution in [3.8, 4) is 11.4 Å². The Balaban J connectivity index is 1.80. The molecule has 0 saturated carbocycles. The van der Waals surface area contributed by atoms with Gasteiger partial charge < -0.3 is 9.52 Å². The number of benzene rings is 2. The SMILES string of the molecule is CC1(C)c2ccccc2-n2c1cc1oc(=O)c(Sc3cccc(F)c3)c(O)c1c2=O. The lowest BCUT2D eigenvalue weighted by Gasteiger charge is -2.20. The Morgan fingerprint density at radius 1 is 1.07 bits per heavy atom. The maximum atomic E-state index is 13.5. The quantitative estimate of drug-likeness (QED) is 0.513. The average Bonchev–Trinajstić information content (AvgIpc) is 2.93. The summed E-state index contributed by atoms with van der Waals surface area (Å²) >= 11 is 0.853. The standard InChI is InChI=1S/C23H16FNO4S/c1-23(2)14-8-3-4-9-15(14)25-17(23)11-16-18(21(25)27)19(26)20(22(28)29-16)30-13-7-5-6-12(24)10-13/h3-11,26H,1-2H3. The van der Waals surface area contributed by atoms with Gasteiger partial charge in [0.1, 0.15) is 21.7 Å². The van der Waals surface area contributed by atoms with E-state index in [1.54, 1.807) is 16.7 Å². The van der Waals surface area contributed by atoms with Gasteiger partial charge in [-0.1, -0.05) is 49.9 Å². The normalized spacial score (nSPS) is 14.0. The number of para-hydroxylation sites is 1. The van der Waals surface area contributed by atoms with E-state index < -0.39 is 28.2 Å². The molecule has 5 nitrogen and oxygen atoms in total. The van der Waals surface area contributed by atoms with Crippen LogP contribution in [-0.2, 0) is 5.41 Å². The molecule has 7 heteroatoms. The summed E-state index contributed by atoms with van der Waals surface area (Å²) in [4.78, 5) is 26.3. The number of nitrogens with zero attached hydrogens (tertiary/aromatic N) is 1. The van der Waals surface area contributed by atoms with Crippen molar-refractivity contribution in [2.45, 2.75) is 29.1 Å². The first-order chi connectivity index (χ1) is 14.3. The topological polar surface area (TPSA) is 72.4 Å². The van der Waals surface area contributed by atoms with Gasteiger partial charge in [0, 0.05) is 22.1 Å². The number of halogens is 1. The van der Waals surface area contributed by atoms with E-state index >= 15 is 0 Å². The van der Waals surface area contributed by atoms with E-state index in [-0.39, 0.29) is 15.9 Å². The fraction of sp³-hybridized carbons (Fsp3) is 0.130. The van der Waals surface area contributed by atoms with Gasteiger partial charge in [0.15, 0.2) is 5.75 Å².